The van der Waals surface area contributed by atoms with Crippen molar-refractivity contribution in [1.82, 2.24) is 5.32 Å². The normalized spacial score (nSPS) is 12.6. The van der Waals surface area contributed by atoms with E-state index in [2.05, 4.69) is 43.5 Å². The molecule has 0 saturated heterocycles. The highest BCUT2D eigenvalue weighted by Gasteiger charge is 2.20. The smallest absolute Gasteiger partial charge is 0.305 e. The minimum Gasteiger partial charge on any atom is -0.466 e. The summed E-state index contributed by atoms with van der Waals surface area (Å²) in [6, 6.07) is -0.541. The zero-order valence-corrected chi connectivity index (χ0v) is 59.3. The number of ether oxygens (including phenoxy) is 1. The molecule has 1 amide bonds. The van der Waals surface area contributed by atoms with E-state index in [9.17, 15) is 19.8 Å². The minimum absolute atomic E-state index is 0.0193. The molecule has 0 aromatic heterocycles. The van der Waals surface area contributed by atoms with Crippen molar-refractivity contribution in [2.45, 2.75) is 469 Å². The lowest BCUT2D eigenvalue weighted by Crippen LogP contribution is -2.45. The van der Waals surface area contributed by atoms with Crippen molar-refractivity contribution in [3.8, 4) is 0 Å². The predicted molar refractivity (Wildman–Crippen MR) is 384 cm³/mol. The highest BCUT2D eigenvalue weighted by molar-refractivity contribution is 5.76. The SMILES string of the molecule is CCCCCCCCCCCCCCCCCCCCCCCCC(O)C(CO)NC(=O)CCCCCCCCCCCCCCCCCCC/C=C\C/C=C\CCCCCCCCCCCCCOC(=O)CCCCCCCCCCCCCCC. The van der Waals surface area contributed by atoms with Crippen LogP contribution in [0.5, 0.6) is 0 Å². The van der Waals surface area contributed by atoms with Crippen LogP contribution in [-0.2, 0) is 14.3 Å². The molecule has 0 radical (unpaired) electrons. The lowest BCUT2D eigenvalue weighted by Gasteiger charge is -2.22. The van der Waals surface area contributed by atoms with Crippen molar-refractivity contribution in [2.24, 2.45) is 0 Å². The lowest BCUT2D eigenvalue weighted by molar-refractivity contribution is -0.143. The molecule has 2 unspecified atom stereocenters. The highest BCUT2D eigenvalue weighted by atomic mass is 16.5. The number of esters is 1. The maximum absolute atomic E-state index is 12.6. The van der Waals surface area contributed by atoms with E-state index in [-0.39, 0.29) is 18.5 Å². The van der Waals surface area contributed by atoms with Gasteiger partial charge in [-0.1, -0.05) is 411 Å². The molecule has 0 rings (SSSR count). The first kappa shape index (κ1) is 85.3. The van der Waals surface area contributed by atoms with Gasteiger partial charge in [0.25, 0.3) is 0 Å². The number of nitrogens with one attached hydrogen (secondary N) is 1. The summed E-state index contributed by atoms with van der Waals surface area (Å²) in [7, 11) is 0. The molecule has 3 N–H and O–H groups in total. The maximum atomic E-state index is 12.6. The van der Waals surface area contributed by atoms with Crippen LogP contribution in [0.25, 0.3) is 0 Å². The molecule has 516 valence electrons. The topological polar surface area (TPSA) is 95.9 Å². The summed E-state index contributed by atoms with van der Waals surface area (Å²) in [6.07, 6.45) is 98.5. The molecule has 0 aliphatic heterocycles. The Hall–Kier alpha value is -1.66. The number of allylic oxidation sites excluding steroid dienone is 4. The van der Waals surface area contributed by atoms with E-state index >= 15 is 0 Å². The van der Waals surface area contributed by atoms with Crippen LogP contribution >= 0.6 is 0 Å². The zero-order valence-electron chi connectivity index (χ0n) is 59.3. The van der Waals surface area contributed by atoms with Gasteiger partial charge in [0.15, 0.2) is 0 Å². The summed E-state index contributed by atoms with van der Waals surface area (Å²) in [5, 5.41) is 23.5. The molecule has 6 nitrogen and oxygen atoms in total. The van der Waals surface area contributed by atoms with Gasteiger partial charge in [-0.05, 0) is 57.8 Å². The predicted octanol–water partition coefficient (Wildman–Crippen LogP) is 26.4. The number of aliphatic hydroxyl groups excluding tert-OH is 2. The van der Waals surface area contributed by atoms with Gasteiger partial charge in [-0.2, -0.15) is 0 Å². The Kier molecular flexibility index (Phi) is 75.3. The fourth-order valence-corrected chi connectivity index (χ4v) is 12.9. The van der Waals surface area contributed by atoms with Gasteiger partial charge >= 0.3 is 5.97 Å². The fraction of sp³-hybridized carbons (Fsp3) is 0.926. The Balaban J connectivity index is 3.37. The van der Waals surface area contributed by atoms with Gasteiger partial charge in [0.2, 0.25) is 5.91 Å². The Morgan fingerprint density at radius 1 is 0.322 bits per heavy atom. The van der Waals surface area contributed by atoms with Crippen LogP contribution in [0.3, 0.4) is 0 Å². The average Bonchev–Trinajstić information content (AvgIpc) is 3.57. The van der Waals surface area contributed by atoms with Crippen LogP contribution in [0, 0.1) is 0 Å². The first-order valence-corrected chi connectivity index (χ1v) is 40.1. The maximum Gasteiger partial charge on any atom is 0.305 e. The van der Waals surface area contributed by atoms with Gasteiger partial charge < -0.3 is 20.3 Å². The number of carbonyl (C=O) groups excluding carboxylic acids is 2. The minimum atomic E-state index is -0.664. The molecule has 6 heteroatoms. The number of amides is 1. The molecule has 87 heavy (non-hydrogen) atoms. The Bertz CT molecular complexity index is 1360. The molecule has 0 aliphatic carbocycles. The van der Waals surface area contributed by atoms with Crippen LogP contribution in [0.2, 0.25) is 0 Å². The van der Waals surface area contributed by atoms with Crippen molar-refractivity contribution in [3.05, 3.63) is 24.3 Å². The third-order valence-corrected chi connectivity index (χ3v) is 19.0. The molecule has 0 fully saturated rings. The molecule has 0 aromatic rings. The second kappa shape index (κ2) is 76.8. The molecule has 0 aromatic carbocycles. The van der Waals surface area contributed by atoms with Crippen molar-refractivity contribution < 1.29 is 24.5 Å². The third kappa shape index (κ3) is 73.3. The third-order valence-electron chi connectivity index (χ3n) is 19.0. The average molecular weight is 1230 g/mol. The number of rotatable bonds is 76. The second-order valence-electron chi connectivity index (χ2n) is 27.8. The van der Waals surface area contributed by atoms with Gasteiger partial charge in [0.1, 0.15) is 0 Å². The number of hydrogen-bond donors (Lipinski definition) is 3. The summed E-state index contributed by atoms with van der Waals surface area (Å²) >= 11 is 0. The first-order chi connectivity index (χ1) is 43.0. The summed E-state index contributed by atoms with van der Waals surface area (Å²) < 4.78 is 5.49. The summed E-state index contributed by atoms with van der Waals surface area (Å²) in [6.45, 7) is 5.01. The molecule has 0 saturated carbocycles. The monoisotopic (exact) mass is 1220 g/mol. The standard InChI is InChI=1S/C81H157NO5/c1-3-5-7-9-11-13-15-17-18-19-20-21-37-40-43-46-50-53-57-61-65-69-73-79(84)78(77-83)82-80(85)74-70-66-62-58-54-51-47-44-41-38-35-33-31-29-27-25-23-22-24-26-28-30-32-34-36-39-42-45-48-52-56-60-64-68-72-76-87-81(86)75-71-67-63-59-55-49-16-14-12-10-8-6-4-2/h24,26,30,32,78-79,83-84H,3-23,25,27-29,31,33-77H2,1-2H3,(H,82,85)/b26-24-,32-30-. The Morgan fingerprint density at radius 3 is 0.874 bits per heavy atom. The molecular formula is C81H157NO5. The second-order valence-corrected chi connectivity index (χ2v) is 27.8. The Labute approximate surface area is 545 Å². The van der Waals surface area contributed by atoms with E-state index in [4.69, 9.17) is 4.74 Å². The van der Waals surface area contributed by atoms with E-state index in [1.807, 2.05) is 0 Å². The zero-order chi connectivity index (χ0) is 62.8. The molecule has 0 bridgehead atoms. The number of carbonyl (C=O) groups is 2. The van der Waals surface area contributed by atoms with Crippen LogP contribution < -0.4 is 5.32 Å². The van der Waals surface area contributed by atoms with E-state index in [0.717, 1.165) is 44.9 Å². The molecule has 2 atom stereocenters. The van der Waals surface area contributed by atoms with Gasteiger partial charge in [-0.3, -0.25) is 9.59 Å². The number of hydrogen-bond acceptors (Lipinski definition) is 5. The van der Waals surface area contributed by atoms with Crippen molar-refractivity contribution in [3.63, 3.8) is 0 Å². The van der Waals surface area contributed by atoms with Crippen LogP contribution in [-0.4, -0.2) is 47.4 Å². The van der Waals surface area contributed by atoms with Gasteiger partial charge in [0.05, 0.1) is 25.4 Å². The van der Waals surface area contributed by atoms with Crippen LogP contribution in [0.15, 0.2) is 24.3 Å². The first-order valence-electron chi connectivity index (χ1n) is 40.1. The van der Waals surface area contributed by atoms with E-state index in [0.29, 0.717) is 25.9 Å². The van der Waals surface area contributed by atoms with E-state index in [1.54, 1.807) is 0 Å². The van der Waals surface area contributed by atoms with Crippen LogP contribution in [0.4, 0.5) is 0 Å². The summed E-state index contributed by atoms with van der Waals surface area (Å²) in [5.41, 5.74) is 0. The molecule has 0 heterocycles. The Morgan fingerprint density at radius 2 is 0.575 bits per heavy atom. The van der Waals surface area contributed by atoms with Gasteiger partial charge in [-0.15, -0.1) is 0 Å². The van der Waals surface area contributed by atoms with Crippen molar-refractivity contribution in [2.75, 3.05) is 13.2 Å². The van der Waals surface area contributed by atoms with Crippen molar-refractivity contribution in [1.29, 1.82) is 0 Å². The van der Waals surface area contributed by atoms with Gasteiger partial charge in [-0.25, -0.2) is 0 Å². The summed E-state index contributed by atoms with van der Waals surface area (Å²) in [4.78, 5) is 24.6. The van der Waals surface area contributed by atoms with Crippen LogP contribution in [0.1, 0.15) is 457 Å². The van der Waals surface area contributed by atoms with E-state index < -0.39 is 12.1 Å². The number of aliphatic hydroxyl groups is 2. The fourth-order valence-electron chi connectivity index (χ4n) is 12.9. The van der Waals surface area contributed by atoms with E-state index in [1.165, 1.54) is 379 Å². The largest absolute Gasteiger partial charge is 0.466 e. The quantitative estimate of drug-likeness (QED) is 0.0320. The highest BCUT2D eigenvalue weighted by Crippen LogP contribution is 2.20. The number of unbranched alkanes of at least 4 members (excludes halogenated alkanes) is 61. The molecule has 0 aliphatic rings. The van der Waals surface area contributed by atoms with Crippen molar-refractivity contribution >= 4 is 11.9 Å². The van der Waals surface area contributed by atoms with Gasteiger partial charge in [0, 0.05) is 12.8 Å². The summed E-state index contributed by atoms with van der Waals surface area (Å²) in [5.74, 6) is -0.00780. The lowest BCUT2D eigenvalue weighted by atomic mass is 10.0. The molecular weight excluding hydrogens is 1070 g/mol. The molecule has 0 spiro atoms.